The van der Waals surface area contributed by atoms with Gasteiger partial charge in [0, 0.05) is 0 Å². The van der Waals surface area contributed by atoms with Gasteiger partial charge in [-0.2, -0.15) is 0 Å². The summed E-state index contributed by atoms with van der Waals surface area (Å²) in [5.74, 6) is 1.79. The standard InChI is InChI=1S/C15H30/c1-7-14(4,5)13-9-8-10-15(6,11-13)12(2)3/h12-13H,7-11H2,1-6H3. The molecule has 1 aliphatic carbocycles. The Bertz CT molecular complexity index is 202. The van der Waals surface area contributed by atoms with Gasteiger partial charge in [-0.25, -0.2) is 0 Å². The Kier molecular flexibility index (Phi) is 3.90. The molecule has 0 aliphatic heterocycles. The first-order valence-electron chi connectivity index (χ1n) is 6.82. The topological polar surface area (TPSA) is 0 Å². The first-order chi connectivity index (χ1) is 6.82. The Morgan fingerprint density at radius 3 is 2.40 bits per heavy atom. The Morgan fingerprint density at radius 2 is 1.93 bits per heavy atom. The molecule has 1 saturated carbocycles. The second kappa shape index (κ2) is 4.47. The Morgan fingerprint density at radius 1 is 1.33 bits per heavy atom. The van der Waals surface area contributed by atoms with Crippen LogP contribution in [0.15, 0.2) is 0 Å². The summed E-state index contributed by atoms with van der Waals surface area (Å²) in [4.78, 5) is 0. The average Bonchev–Trinajstić information content (AvgIpc) is 2.18. The van der Waals surface area contributed by atoms with Gasteiger partial charge in [-0.15, -0.1) is 0 Å². The van der Waals surface area contributed by atoms with Crippen molar-refractivity contribution in [2.24, 2.45) is 22.7 Å². The van der Waals surface area contributed by atoms with Crippen molar-refractivity contribution in [3.63, 3.8) is 0 Å². The zero-order chi connectivity index (χ0) is 11.7. The highest BCUT2D eigenvalue weighted by atomic mass is 14.4. The second-order valence-corrected chi connectivity index (χ2v) is 6.94. The van der Waals surface area contributed by atoms with Crippen LogP contribution >= 0.6 is 0 Å². The van der Waals surface area contributed by atoms with E-state index >= 15 is 0 Å². The van der Waals surface area contributed by atoms with Crippen LogP contribution in [0.1, 0.15) is 73.6 Å². The van der Waals surface area contributed by atoms with Gasteiger partial charge in [-0.1, -0.05) is 54.4 Å². The Balaban J connectivity index is 2.72. The number of rotatable bonds is 3. The molecule has 0 aromatic rings. The molecule has 0 aromatic heterocycles. The van der Waals surface area contributed by atoms with Crippen LogP contribution in [-0.4, -0.2) is 0 Å². The molecule has 0 radical (unpaired) electrons. The van der Waals surface area contributed by atoms with E-state index in [0.29, 0.717) is 10.8 Å². The fourth-order valence-corrected chi connectivity index (χ4v) is 3.00. The predicted octanol–water partition coefficient (Wildman–Crippen LogP) is 5.28. The largest absolute Gasteiger partial charge is 0.0649 e. The Hall–Kier alpha value is 0. The lowest BCUT2D eigenvalue weighted by molar-refractivity contribution is 0.0398. The number of hydrogen-bond donors (Lipinski definition) is 0. The molecule has 0 N–H and O–H groups in total. The molecule has 2 atom stereocenters. The van der Waals surface area contributed by atoms with Crippen molar-refractivity contribution in [2.75, 3.05) is 0 Å². The van der Waals surface area contributed by atoms with Crippen LogP contribution in [0.5, 0.6) is 0 Å². The lowest BCUT2D eigenvalue weighted by atomic mass is 9.59. The van der Waals surface area contributed by atoms with Crippen LogP contribution in [0.4, 0.5) is 0 Å². The Labute approximate surface area is 96.8 Å². The van der Waals surface area contributed by atoms with E-state index in [1.165, 1.54) is 32.1 Å². The molecule has 0 spiro atoms. The monoisotopic (exact) mass is 210 g/mol. The fraction of sp³-hybridized carbons (Fsp3) is 1.00. The lowest BCUT2D eigenvalue weighted by Crippen LogP contribution is -2.36. The van der Waals surface area contributed by atoms with Gasteiger partial charge in [-0.3, -0.25) is 0 Å². The third kappa shape index (κ3) is 2.77. The van der Waals surface area contributed by atoms with E-state index < -0.39 is 0 Å². The van der Waals surface area contributed by atoms with E-state index in [1.54, 1.807) is 0 Å². The SMILES string of the molecule is CCC(C)(C)C1CCCC(C)(C(C)C)C1. The molecular weight excluding hydrogens is 180 g/mol. The highest BCUT2D eigenvalue weighted by Gasteiger charge is 2.39. The summed E-state index contributed by atoms with van der Waals surface area (Å²) in [6.45, 7) is 14.6. The van der Waals surface area contributed by atoms with Crippen LogP contribution < -0.4 is 0 Å². The molecular formula is C15H30. The van der Waals surface area contributed by atoms with Crippen molar-refractivity contribution in [1.29, 1.82) is 0 Å². The van der Waals surface area contributed by atoms with Crippen molar-refractivity contribution in [3.05, 3.63) is 0 Å². The predicted molar refractivity (Wildman–Crippen MR) is 69.0 cm³/mol. The van der Waals surface area contributed by atoms with Crippen molar-refractivity contribution < 1.29 is 0 Å². The molecule has 0 nitrogen and oxygen atoms in total. The summed E-state index contributed by atoms with van der Waals surface area (Å²) in [7, 11) is 0. The first-order valence-corrected chi connectivity index (χ1v) is 6.82. The van der Waals surface area contributed by atoms with Gasteiger partial charge in [0.2, 0.25) is 0 Å². The minimum absolute atomic E-state index is 0.552. The summed E-state index contributed by atoms with van der Waals surface area (Å²) in [5, 5.41) is 0. The van der Waals surface area contributed by atoms with Gasteiger partial charge < -0.3 is 0 Å². The fourth-order valence-electron chi connectivity index (χ4n) is 3.00. The summed E-state index contributed by atoms with van der Waals surface area (Å²) in [6.07, 6.45) is 7.13. The molecule has 0 heterocycles. The quantitative estimate of drug-likeness (QED) is 0.595. The van der Waals surface area contributed by atoms with Crippen LogP contribution in [0.25, 0.3) is 0 Å². The van der Waals surface area contributed by atoms with Crippen LogP contribution in [-0.2, 0) is 0 Å². The van der Waals surface area contributed by atoms with E-state index in [-0.39, 0.29) is 0 Å². The maximum absolute atomic E-state index is 2.51. The molecule has 0 heteroatoms. The summed E-state index contributed by atoms with van der Waals surface area (Å²) < 4.78 is 0. The average molecular weight is 210 g/mol. The number of hydrogen-bond acceptors (Lipinski definition) is 0. The minimum atomic E-state index is 0.552. The summed E-state index contributed by atoms with van der Waals surface area (Å²) in [5.41, 5.74) is 1.16. The van der Waals surface area contributed by atoms with E-state index in [0.717, 1.165) is 11.8 Å². The molecule has 0 saturated heterocycles. The molecule has 1 aliphatic rings. The van der Waals surface area contributed by atoms with Gasteiger partial charge in [0.05, 0.1) is 0 Å². The zero-order valence-electron chi connectivity index (χ0n) is 11.7. The van der Waals surface area contributed by atoms with E-state index in [4.69, 9.17) is 0 Å². The molecule has 90 valence electrons. The first kappa shape index (κ1) is 13.1. The third-order valence-corrected chi connectivity index (χ3v) is 5.42. The third-order valence-electron chi connectivity index (χ3n) is 5.42. The summed E-state index contributed by atoms with van der Waals surface area (Å²) in [6, 6.07) is 0. The zero-order valence-corrected chi connectivity index (χ0v) is 11.7. The van der Waals surface area contributed by atoms with Crippen molar-refractivity contribution in [1.82, 2.24) is 0 Å². The molecule has 2 unspecified atom stereocenters. The normalized spacial score (nSPS) is 33.4. The smallest absolute Gasteiger partial charge is 0.0300 e. The minimum Gasteiger partial charge on any atom is -0.0649 e. The van der Waals surface area contributed by atoms with E-state index in [1.807, 2.05) is 0 Å². The van der Waals surface area contributed by atoms with Crippen molar-refractivity contribution in [3.8, 4) is 0 Å². The molecule has 1 rings (SSSR count). The summed E-state index contributed by atoms with van der Waals surface area (Å²) >= 11 is 0. The molecule has 0 amide bonds. The van der Waals surface area contributed by atoms with Gasteiger partial charge in [0.1, 0.15) is 0 Å². The molecule has 1 fully saturated rings. The van der Waals surface area contributed by atoms with Crippen LogP contribution in [0.3, 0.4) is 0 Å². The highest BCUT2D eigenvalue weighted by Crippen LogP contribution is 2.50. The van der Waals surface area contributed by atoms with Crippen molar-refractivity contribution in [2.45, 2.75) is 73.6 Å². The molecule has 0 aromatic carbocycles. The van der Waals surface area contributed by atoms with Gasteiger partial charge >= 0.3 is 0 Å². The maximum atomic E-state index is 2.51. The highest BCUT2D eigenvalue weighted by molar-refractivity contribution is 4.90. The van der Waals surface area contributed by atoms with Crippen molar-refractivity contribution >= 4 is 0 Å². The second-order valence-electron chi connectivity index (χ2n) is 6.94. The van der Waals surface area contributed by atoms with Gasteiger partial charge in [0.25, 0.3) is 0 Å². The van der Waals surface area contributed by atoms with E-state index in [9.17, 15) is 0 Å². The van der Waals surface area contributed by atoms with E-state index in [2.05, 4.69) is 41.5 Å². The van der Waals surface area contributed by atoms with Crippen LogP contribution in [0, 0.1) is 22.7 Å². The molecule has 0 bridgehead atoms. The lowest BCUT2D eigenvalue weighted by Gasteiger charge is -2.47. The van der Waals surface area contributed by atoms with Gasteiger partial charge in [-0.05, 0) is 41.9 Å². The van der Waals surface area contributed by atoms with Gasteiger partial charge in [0.15, 0.2) is 0 Å². The maximum Gasteiger partial charge on any atom is -0.0300 e. The molecule has 15 heavy (non-hydrogen) atoms. The van der Waals surface area contributed by atoms with Crippen LogP contribution in [0.2, 0.25) is 0 Å².